The fourth-order valence-corrected chi connectivity index (χ4v) is 4.86. The number of rotatable bonds is 6. The summed E-state index contributed by atoms with van der Waals surface area (Å²) < 4.78 is 11.9. The Hall–Kier alpha value is -2.78. The number of aromatic amines is 1. The van der Waals surface area contributed by atoms with Gasteiger partial charge >= 0.3 is 11.7 Å². The number of carbonyl (C=O) groups excluding carboxylic acids is 1. The van der Waals surface area contributed by atoms with Gasteiger partial charge in [0.2, 0.25) is 0 Å². The first-order chi connectivity index (χ1) is 17.6. The first-order valence-electron chi connectivity index (χ1n) is 12.2. The lowest BCUT2D eigenvalue weighted by Gasteiger charge is -2.42. The largest absolute Gasteiger partial charge is 0.458 e. The van der Waals surface area contributed by atoms with Crippen LogP contribution < -0.4 is 11.2 Å². The Labute approximate surface area is 211 Å². The van der Waals surface area contributed by atoms with Crippen LogP contribution in [0.3, 0.4) is 0 Å². The maximum atomic E-state index is 11.7. The number of aliphatic hydroxyl groups excluding tert-OH is 4. The molecule has 15 heteroatoms. The molecule has 3 aliphatic rings. The van der Waals surface area contributed by atoms with Crippen molar-refractivity contribution in [2.75, 3.05) is 19.7 Å². The molecule has 0 amide bonds. The Balaban J connectivity index is 0.000000206. The van der Waals surface area contributed by atoms with Crippen molar-refractivity contribution in [2.24, 2.45) is 5.11 Å². The van der Waals surface area contributed by atoms with E-state index in [4.69, 9.17) is 20.1 Å². The van der Waals surface area contributed by atoms with Gasteiger partial charge in [-0.3, -0.25) is 24.0 Å². The molecule has 206 valence electrons. The molecule has 0 aromatic carbocycles. The van der Waals surface area contributed by atoms with Gasteiger partial charge in [0.25, 0.3) is 5.56 Å². The van der Waals surface area contributed by atoms with E-state index in [9.17, 15) is 29.7 Å². The number of aryl methyl sites for hydroxylation is 1. The number of esters is 1. The normalized spacial score (nSPS) is 33.1. The van der Waals surface area contributed by atoms with Gasteiger partial charge in [0, 0.05) is 42.6 Å². The fourth-order valence-electron chi connectivity index (χ4n) is 4.86. The molecule has 37 heavy (non-hydrogen) atoms. The molecular formula is C22H34N6O9. The Morgan fingerprint density at radius 2 is 2.05 bits per heavy atom. The number of carbonyl (C=O) groups is 1. The summed E-state index contributed by atoms with van der Waals surface area (Å²) in [7, 11) is 0. The minimum absolute atomic E-state index is 0.265. The minimum Gasteiger partial charge on any atom is -0.458 e. The van der Waals surface area contributed by atoms with Crippen molar-refractivity contribution >= 4 is 5.97 Å². The summed E-state index contributed by atoms with van der Waals surface area (Å²) in [6, 6.07) is -0.986. The molecule has 0 unspecified atom stereocenters. The number of H-pyrrole nitrogens is 1. The van der Waals surface area contributed by atoms with E-state index in [2.05, 4.69) is 15.0 Å². The lowest BCUT2D eigenvalue weighted by atomic mass is 9.93. The zero-order valence-corrected chi connectivity index (χ0v) is 20.7. The van der Waals surface area contributed by atoms with E-state index in [1.54, 1.807) is 6.92 Å². The van der Waals surface area contributed by atoms with Gasteiger partial charge in [-0.15, -0.1) is 0 Å². The first kappa shape index (κ1) is 28.8. The maximum absolute atomic E-state index is 11.7. The van der Waals surface area contributed by atoms with Gasteiger partial charge in [-0.05, 0) is 25.3 Å². The highest BCUT2D eigenvalue weighted by Gasteiger charge is 2.49. The van der Waals surface area contributed by atoms with Crippen LogP contribution in [-0.4, -0.2) is 103 Å². The van der Waals surface area contributed by atoms with Crippen molar-refractivity contribution in [3.05, 3.63) is 43.0 Å². The predicted octanol–water partition coefficient (Wildman–Crippen LogP) is -1.33. The molecule has 4 rings (SSSR count). The number of azide groups is 1. The van der Waals surface area contributed by atoms with Gasteiger partial charge in [-0.1, -0.05) is 12.0 Å². The van der Waals surface area contributed by atoms with Gasteiger partial charge < -0.3 is 29.9 Å². The van der Waals surface area contributed by atoms with Crippen molar-refractivity contribution in [1.82, 2.24) is 14.5 Å². The number of nitrogens with one attached hydrogen (secondary N) is 1. The highest BCUT2D eigenvalue weighted by Crippen LogP contribution is 2.30. The van der Waals surface area contributed by atoms with Gasteiger partial charge in [0.1, 0.15) is 24.5 Å². The Morgan fingerprint density at radius 1 is 1.32 bits per heavy atom. The molecule has 1 aromatic rings. The smallest absolute Gasteiger partial charge is 0.330 e. The van der Waals surface area contributed by atoms with Gasteiger partial charge in [0.15, 0.2) is 0 Å². The zero-order chi connectivity index (χ0) is 27.3. The molecule has 4 heterocycles. The number of hydrogen-bond acceptors (Lipinski definition) is 11. The van der Waals surface area contributed by atoms with Crippen LogP contribution in [0.15, 0.2) is 20.9 Å². The van der Waals surface area contributed by atoms with Crippen LogP contribution >= 0.6 is 0 Å². The molecule has 3 saturated heterocycles. The number of piperidine rings is 1. The second-order valence-electron chi connectivity index (χ2n) is 9.40. The molecule has 0 radical (unpaired) electrons. The van der Waals surface area contributed by atoms with Crippen LogP contribution in [0.5, 0.6) is 0 Å². The number of aromatic nitrogens is 2. The van der Waals surface area contributed by atoms with E-state index in [1.165, 1.54) is 10.8 Å². The summed E-state index contributed by atoms with van der Waals surface area (Å²) in [4.78, 5) is 41.2. The van der Waals surface area contributed by atoms with Crippen molar-refractivity contribution in [1.29, 1.82) is 0 Å². The second-order valence-corrected chi connectivity index (χ2v) is 9.40. The predicted molar refractivity (Wildman–Crippen MR) is 127 cm³/mol. The number of nitrogens with zero attached hydrogens (tertiary/aromatic N) is 5. The third-order valence-electron chi connectivity index (χ3n) is 6.80. The molecule has 15 nitrogen and oxygen atoms in total. The molecule has 3 aliphatic heterocycles. The summed E-state index contributed by atoms with van der Waals surface area (Å²) in [6.07, 6.45) is -1.63. The van der Waals surface area contributed by atoms with Crippen molar-refractivity contribution in [2.45, 2.75) is 88.4 Å². The third kappa shape index (κ3) is 6.57. The lowest BCUT2D eigenvalue weighted by molar-refractivity contribution is -0.179. The molecule has 1 aromatic heterocycles. The molecule has 5 N–H and O–H groups in total. The first-order valence-corrected chi connectivity index (χ1v) is 12.2. The molecule has 3 fully saturated rings. The van der Waals surface area contributed by atoms with Crippen LogP contribution in [0.4, 0.5) is 0 Å². The monoisotopic (exact) mass is 526 g/mol. The van der Waals surface area contributed by atoms with E-state index >= 15 is 0 Å². The summed E-state index contributed by atoms with van der Waals surface area (Å²) in [6.45, 7) is 4.16. The van der Waals surface area contributed by atoms with Crippen LogP contribution in [-0.2, 0) is 14.3 Å². The molecule has 0 bridgehead atoms. The summed E-state index contributed by atoms with van der Waals surface area (Å²) in [5, 5.41) is 42.4. The minimum atomic E-state index is -1.13. The van der Waals surface area contributed by atoms with E-state index < -0.39 is 60.1 Å². The van der Waals surface area contributed by atoms with Gasteiger partial charge in [0.05, 0.1) is 30.9 Å². The standard InChI is InChI=1S/C12H21NO5.C10H13N5O4/c1-2-3-9(15)18-8-6-13-5-4-7(14)10(13)12(17)11(8)16;1-5-3-15(10(18)12-9(5)17)8-2-6(13-14-11)7(4-16)19-8/h7-8,10-12,14,16-17H,2-6H2,1H3;3,6-8,16H,2,4H2,1H3,(H,12,17,18)/t7-,8-,10+,11+,12+;6-,7+,8+/m00/s1. The zero-order valence-electron chi connectivity index (χ0n) is 20.7. The summed E-state index contributed by atoms with van der Waals surface area (Å²) in [5.41, 5.74) is 7.76. The van der Waals surface area contributed by atoms with Crippen molar-refractivity contribution in [3.63, 3.8) is 0 Å². The molecule has 8 atom stereocenters. The van der Waals surface area contributed by atoms with Crippen LogP contribution in [0.25, 0.3) is 10.4 Å². The van der Waals surface area contributed by atoms with Crippen LogP contribution in [0.1, 0.15) is 44.4 Å². The average Bonchev–Trinajstić information content (AvgIpc) is 3.43. The van der Waals surface area contributed by atoms with Gasteiger partial charge in [-0.2, -0.15) is 0 Å². The van der Waals surface area contributed by atoms with E-state index in [0.717, 1.165) is 0 Å². The molecular weight excluding hydrogens is 492 g/mol. The Morgan fingerprint density at radius 3 is 2.70 bits per heavy atom. The summed E-state index contributed by atoms with van der Waals surface area (Å²) >= 11 is 0. The summed E-state index contributed by atoms with van der Waals surface area (Å²) in [5.74, 6) is -0.355. The van der Waals surface area contributed by atoms with E-state index in [-0.39, 0.29) is 19.0 Å². The van der Waals surface area contributed by atoms with Crippen molar-refractivity contribution < 1.29 is 34.7 Å². The number of aliphatic hydroxyl groups is 4. The van der Waals surface area contributed by atoms with Crippen LogP contribution in [0, 0.1) is 6.92 Å². The van der Waals surface area contributed by atoms with E-state index in [0.29, 0.717) is 37.9 Å². The lowest BCUT2D eigenvalue weighted by Crippen LogP contribution is -2.62. The van der Waals surface area contributed by atoms with Crippen LogP contribution in [0.2, 0.25) is 0 Å². The quantitative estimate of drug-likeness (QED) is 0.127. The third-order valence-corrected chi connectivity index (χ3v) is 6.80. The maximum Gasteiger partial charge on any atom is 0.330 e. The number of ether oxygens (including phenoxy) is 2. The topological polar surface area (TPSA) is 223 Å². The second kappa shape index (κ2) is 12.6. The number of hydrogen-bond donors (Lipinski definition) is 5. The molecule has 0 spiro atoms. The Bertz CT molecular complexity index is 1100. The van der Waals surface area contributed by atoms with Crippen molar-refractivity contribution in [3.8, 4) is 0 Å². The highest BCUT2D eigenvalue weighted by molar-refractivity contribution is 5.69. The molecule has 0 saturated carbocycles. The average molecular weight is 527 g/mol. The Kier molecular flexibility index (Phi) is 9.84. The SMILES string of the molecule is CCCC(=O)O[C@H]1CN2CC[C@H](O)[C@@H]2[C@@H](O)[C@@H]1O.Cc1cn([C@H]2C[C@H](N=[N+]=[N-])[C@@H](CO)O2)c(=O)[nH]c1=O. The van der Waals surface area contributed by atoms with Gasteiger partial charge in [-0.25, -0.2) is 4.79 Å². The highest BCUT2D eigenvalue weighted by atomic mass is 16.6. The molecule has 0 aliphatic carbocycles. The number of fused-ring (bicyclic) bond motifs is 1. The fraction of sp³-hybridized carbons (Fsp3) is 0.773. The van der Waals surface area contributed by atoms with E-state index in [1.807, 2.05) is 11.8 Å².